The smallest absolute Gasteiger partial charge is 0.276 e. The largest absolute Gasteiger partial charge is 0.321 e. The molecule has 0 saturated carbocycles. The van der Waals surface area contributed by atoms with E-state index in [1.807, 2.05) is 44.2 Å². The van der Waals surface area contributed by atoms with Crippen LogP contribution >= 0.6 is 0 Å². The molecule has 2 aliphatic rings. The summed E-state index contributed by atoms with van der Waals surface area (Å²) in [5.41, 5.74) is 4.37. The van der Waals surface area contributed by atoms with Gasteiger partial charge in [-0.25, -0.2) is 4.99 Å². The van der Waals surface area contributed by atoms with Crippen LogP contribution in [0, 0.1) is 0 Å². The zero-order valence-electron chi connectivity index (χ0n) is 21.7. The van der Waals surface area contributed by atoms with Crippen LogP contribution in [0.5, 0.6) is 0 Å². The van der Waals surface area contributed by atoms with Crippen LogP contribution in [0.2, 0.25) is 0 Å². The van der Waals surface area contributed by atoms with Crippen molar-refractivity contribution in [3.8, 4) is 0 Å². The van der Waals surface area contributed by atoms with Gasteiger partial charge in [-0.05, 0) is 82.4 Å². The van der Waals surface area contributed by atoms with Crippen LogP contribution in [0.15, 0.2) is 71.2 Å². The Hall–Kier alpha value is -3.09. The number of hydrogen-bond acceptors (Lipinski definition) is 5. The van der Waals surface area contributed by atoms with Crippen molar-refractivity contribution in [1.29, 1.82) is 0 Å². The number of hydrogen-bond donors (Lipinski definition) is 1. The van der Waals surface area contributed by atoms with Crippen molar-refractivity contribution >= 4 is 28.7 Å². The van der Waals surface area contributed by atoms with Gasteiger partial charge in [0.05, 0.1) is 11.4 Å². The van der Waals surface area contributed by atoms with Crippen LogP contribution in [-0.2, 0) is 11.3 Å². The maximum Gasteiger partial charge on any atom is 0.276 e. The predicted molar refractivity (Wildman–Crippen MR) is 151 cm³/mol. The van der Waals surface area contributed by atoms with E-state index < -0.39 is 0 Å². The van der Waals surface area contributed by atoms with Crippen LogP contribution in [0.3, 0.4) is 0 Å². The minimum atomic E-state index is -0.285. The van der Waals surface area contributed by atoms with Gasteiger partial charge in [-0.2, -0.15) is 0 Å². The molecule has 4 rings (SSSR count). The first kappa shape index (κ1) is 26.0. The van der Waals surface area contributed by atoms with Gasteiger partial charge in [-0.3, -0.25) is 14.7 Å². The quantitative estimate of drug-likeness (QED) is 0.466. The molecule has 0 aromatic heterocycles. The van der Waals surface area contributed by atoms with E-state index >= 15 is 0 Å². The molecule has 0 aliphatic carbocycles. The number of amides is 1. The van der Waals surface area contributed by atoms with Crippen molar-refractivity contribution in [3.63, 3.8) is 0 Å². The Morgan fingerprint density at radius 3 is 2.44 bits per heavy atom. The highest BCUT2D eigenvalue weighted by atomic mass is 16.1. The van der Waals surface area contributed by atoms with E-state index in [4.69, 9.17) is 0 Å². The molecule has 2 fully saturated rings. The number of likely N-dealkylation sites (tertiary alicyclic amines) is 2. The maximum atomic E-state index is 13.0. The molecule has 2 aliphatic heterocycles. The van der Waals surface area contributed by atoms with Gasteiger partial charge in [0.2, 0.25) is 0 Å². The van der Waals surface area contributed by atoms with Crippen LogP contribution in [-0.4, -0.2) is 65.9 Å². The fourth-order valence-corrected chi connectivity index (χ4v) is 5.13. The topological polar surface area (TPSA) is 60.3 Å². The molecule has 1 atom stereocenters. The highest BCUT2D eigenvalue weighted by Gasteiger charge is 2.27. The Kier molecular flexibility index (Phi) is 9.20. The molecule has 1 unspecified atom stereocenters. The molecular formula is C30H39N5O. The second-order valence-corrected chi connectivity index (χ2v) is 9.76. The molecule has 1 amide bonds. The number of carbonyl (C=O) groups excluding carboxylic acids is 1. The summed E-state index contributed by atoms with van der Waals surface area (Å²) < 4.78 is 0. The Morgan fingerprint density at radius 2 is 1.75 bits per heavy atom. The summed E-state index contributed by atoms with van der Waals surface area (Å²) in [5.74, 6) is -0.285. The monoisotopic (exact) mass is 485 g/mol. The van der Waals surface area contributed by atoms with Crippen LogP contribution in [0.25, 0.3) is 5.70 Å². The molecule has 36 heavy (non-hydrogen) atoms. The summed E-state index contributed by atoms with van der Waals surface area (Å²) in [6.45, 7) is 14.4. The lowest BCUT2D eigenvalue weighted by Gasteiger charge is -2.28. The number of nitrogens with one attached hydrogen (secondary N) is 1. The first-order valence-electron chi connectivity index (χ1n) is 13.2. The van der Waals surface area contributed by atoms with E-state index in [9.17, 15) is 4.79 Å². The molecular weight excluding hydrogens is 446 g/mol. The van der Waals surface area contributed by atoms with Gasteiger partial charge in [0.15, 0.2) is 0 Å². The molecule has 6 heteroatoms. The second kappa shape index (κ2) is 12.7. The lowest BCUT2D eigenvalue weighted by molar-refractivity contribution is -0.110. The number of benzene rings is 2. The molecule has 2 aromatic carbocycles. The van der Waals surface area contributed by atoms with Crippen molar-refractivity contribution < 1.29 is 4.79 Å². The van der Waals surface area contributed by atoms with Gasteiger partial charge in [0, 0.05) is 31.4 Å². The summed E-state index contributed by atoms with van der Waals surface area (Å²) in [4.78, 5) is 27.3. The maximum absolute atomic E-state index is 13.0. The molecule has 190 valence electrons. The molecule has 0 bridgehead atoms. The second-order valence-electron chi connectivity index (χ2n) is 9.76. The summed E-state index contributed by atoms with van der Waals surface area (Å²) in [6.07, 6.45) is 5.28. The van der Waals surface area contributed by atoms with Gasteiger partial charge >= 0.3 is 0 Å². The number of aliphatic imine (C=N–C) groups is 2. The number of para-hydroxylation sites is 1. The van der Waals surface area contributed by atoms with Crippen LogP contribution < -0.4 is 5.32 Å². The molecule has 2 heterocycles. The van der Waals surface area contributed by atoms with Gasteiger partial charge in [0.1, 0.15) is 5.71 Å². The van der Waals surface area contributed by atoms with Crippen LogP contribution in [0.4, 0.5) is 5.69 Å². The van der Waals surface area contributed by atoms with Crippen molar-refractivity contribution in [2.24, 2.45) is 9.98 Å². The fraction of sp³-hybridized carbons (Fsp3) is 0.433. The van der Waals surface area contributed by atoms with Crippen molar-refractivity contribution in [3.05, 3.63) is 72.3 Å². The normalized spacial score (nSPS) is 19.6. The lowest BCUT2D eigenvalue weighted by atomic mass is 10.1. The standard InChI is InChI=1S/C30H39N5O/c1-4-31-24(3)29(30(36)33-27-11-6-5-7-12-27)32-23(2)26-16-14-25(15-17-26)21-35-20-10-13-28(35)22-34-18-8-9-19-34/h5-7,11-12,14-17,28H,2,4,8-10,13,18-22H2,1,3H3,(H,33,36). The minimum Gasteiger partial charge on any atom is -0.321 e. The summed E-state index contributed by atoms with van der Waals surface area (Å²) in [5, 5.41) is 2.92. The van der Waals surface area contributed by atoms with Gasteiger partial charge in [-0.1, -0.05) is 49.0 Å². The molecule has 1 N–H and O–H groups in total. The number of anilines is 1. The van der Waals surface area contributed by atoms with E-state index in [-0.39, 0.29) is 11.6 Å². The van der Waals surface area contributed by atoms with Gasteiger partial charge in [0.25, 0.3) is 5.91 Å². The Balaban J connectivity index is 1.43. The number of nitrogens with zero attached hydrogens (tertiary/aromatic N) is 4. The Morgan fingerprint density at radius 1 is 1.03 bits per heavy atom. The molecule has 0 spiro atoms. The highest BCUT2D eigenvalue weighted by molar-refractivity contribution is 6.68. The average Bonchev–Trinajstić information content (AvgIpc) is 3.56. The third-order valence-corrected chi connectivity index (χ3v) is 7.07. The molecule has 2 saturated heterocycles. The molecule has 2 aromatic rings. The fourth-order valence-electron chi connectivity index (χ4n) is 5.13. The summed E-state index contributed by atoms with van der Waals surface area (Å²) in [6, 6.07) is 18.5. The van der Waals surface area contributed by atoms with Crippen molar-refractivity contribution in [2.45, 2.75) is 52.1 Å². The Bertz CT molecular complexity index is 1080. The first-order valence-corrected chi connectivity index (χ1v) is 13.2. The summed E-state index contributed by atoms with van der Waals surface area (Å²) in [7, 11) is 0. The molecule has 0 radical (unpaired) electrons. The van der Waals surface area contributed by atoms with E-state index in [0.29, 0.717) is 24.0 Å². The third kappa shape index (κ3) is 6.99. The highest BCUT2D eigenvalue weighted by Crippen LogP contribution is 2.23. The minimum absolute atomic E-state index is 0.285. The zero-order chi connectivity index (χ0) is 25.3. The van der Waals surface area contributed by atoms with Crippen LogP contribution in [0.1, 0.15) is 50.7 Å². The van der Waals surface area contributed by atoms with E-state index in [2.05, 4.69) is 55.9 Å². The lowest BCUT2D eigenvalue weighted by Crippen LogP contribution is -2.38. The number of rotatable bonds is 10. The Labute approximate surface area is 215 Å². The van der Waals surface area contributed by atoms with Crippen molar-refractivity contribution in [2.75, 3.05) is 38.0 Å². The van der Waals surface area contributed by atoms with Gasteiger partial charge < -0.3 is 10.2 Å². The third-order valence-electron chi connectivity index (χ3n) is 7.07. The first-order chi connectivity index (χ1) is 17.5. The summed E-state index contributed by atoms with van der Waals surface area (Å²) >= 11 is 0. The predicted octanol–water partition coefficient (Wildman–Crippen LogP) is 5.28. The average molecular weight is 486 g/mol. The van der Waals surface area contributed by atoms with E-state index in [1.165, 1.54) is 57.4 Å². The van der Waals surface area contributed by atoms with E-state index in [1.54, 1.807) is 0 Å². The number of carbonyl (C=O) groups is 1. The SMILES string of the molecule is C=C(N=C(C(=O)Nc1ccccc1)C(C)=NCC)c1ccc(CN2CCCC2CN2CCCC2)cc1. The van der Waals surface area contributed by atoms with Crippen molar-refractivity contribution in [1.82, 2.24) is 9.80 Å². The van der Waals surface area contributed by atoms with Gasteiger partial charge in [-0.15, -0.1) is 0 Å². The zero-order valence-corrected chi connectivity index (χ0v) is 21.7. The molecule has 6 nitrogen and oxygen atoms in total. The van der Waals surface area contributed by atoms with E-state index in [0.717, 1.165) is 17.8 Å².